The van der Waals surface area contributed by atoms with Gasteiger partial charge in [-0.25, -0.2) is 8.78 Å². The number of methoxy groups -OCH3 is 1. The Kier molecular flexibility index (Phi) is 4.83. The summed E-state index contributed by atoms with van der Waals surface area (Å²) in [4.78, 5) is 0. The molecule has 2 aromatic carbocycles. The van der Waals surface area contributed by atoms with Gasteiger partial charge in [-0.15, -0.1) is 0 Å². The average molecular weight is 363 g/mol. The topological polar surface area (TPSA) is 21.3 Å². The Bertz CT molecular complexity index is 614. The number of benzene rings is 2. The SMILES string of the molecule is COc1ccc(Cl)cc1CNc1c(F)cc(F)cc1Br. The molecular formula is C14H11BrClF2NO. The van der Waals surface area contributed by atoms with E-state index in [1.54, 1.807) is 25.3 Å². The van der Waals surface area contributed by atoms with Crippen molar-refractivity contribution in [2.24, 2.45) is 0 Å². The molecule has 0 aliphatic carbocycles. The number of anilines is 1. The second-order valence-corrected chi connectivity index (χ2v) is 5.34. The quantitative estimate of drug-likeness (QED) is 0.826. The van der Waals surface area contributed by atoms with Crippen LogP contribution in [0.2, 0.25) is 5.02 Å². The second-order valence-electron chi connectivity index (χ2n) is 4.05. The smallest absolute Gasteiger partial charge is 0.150 e. The van der Waals surface area contributed by atoms with Crippen LogP contribution in [0.1, 0.15) is 5.56 Å². The highest BCUT2D eigenvalue weighted by molar-refractivity contribution is 9.10. The minimum absolute atomic E-state index is 0.188. The number of hydrogen-bond acceptors (Lipinski definition) is 2. The Balaban J connectivity index is 2.23. The molecule has 6 heteroatoms. The van der Waals surface area contributed by atoms with Crippen LogP contribution >= 0.6 is 27.5 Å². The third-order valence-electron chi connectivity index (χ3n) is 2.70. The monoisotopic (exact) mass is 361 g/mol. The molecule has 1 N–H and O–H groups in total. The summed E-state index contributed by atoms with van der Waals surface area (Å²) in [6.07, 6.45) is 0. The molecule has 0 saturated heterocycles. The zero-order valence-corrected chi connectivity index (χ0v) is 12.9. The van der Waals surface area contributed by atoms with Gasteiger partial charge >= 0.3 is 0 Å². The molecule has 0 aliphatic heterocycles. The number of ether oxygens (including phenoxy) is 1. The van der Waals surface area contributed by atoms with Gasteiger partial charge < -0.3 is 10.1 Å². The lowest BCUT2D eigenvalue weighted by molar-refractivity contribution is 0.410. The lowest BCUT2D eigenvalue weighted by Crippen LogP contribution is -2.04. The van der Waals surface area contributed by atoms with Crippen LogP contribution in [0.15, 0.2) is 34.8 Å². The maximum absolute atomic E-state index is 13.7. The molecule has 0 heterocycles. The van der Waals surface area contributed by atoms with Crippen LogP contribution in [0.4, 0.5) is 14.5 Å². The summed E-state index contributed by atoms with van der Waals surface area (Å²) in [6.45, 7) is 0.297. The summed E-state index contributed by atoms with van der Waals surface area (Å²) >= 11 is 9.04. The number of hydrogen-bond donors (Lipinski definition) is 1. The highest BCUT2D eigenvalue weighted by atomic mass is 79.9. The fourth-order valence-corrected chi connectivity index (χ4v) is 2.52. The molecular weight excluding hydrogens is 352 g/mol. The van der Waals surface area contributed by atoms with Gasteiger partial charge in [0.1, 0.15) is 17.4 Å². The molecule has 0 saturated carbocycles. The van der Waals surface area contributed by atoms with Crippen LogP contribution in [0, 0.1) is 11.6 Å². The van der Waals surface area contributed by atoms with Gasteiger partial charge in [-0.1, -0.05) is 11.6 Å². The van der Waals surface area contributed by atoms with Gasteiger partial charge in [0.25, 0.3) is 0 Å². The molecule has 106 valence electrons. The van der Waals surface area contributed by atoms with E-state index in [0.29, 0.717) is 21.8 Å². The number of rotatable bonds is 4. The van der Waals surface area contributed by atoms with E-state index in [1.807, 2.05) is 0 Å². The van der Waals surface area contributed by atoms with E-state index in [2.05, 4.69) is 21.2 Å². The van der Waals surface area contributed by atoms with Crippen molar-refractivity contribution in [2.75, 3.05) is 12.4 Å². The van der Waals surface area contributed by atoms with E-state index in [0.717, 1.165) is 11.6 Å². The van der Waals surface area contributed by atoms with Gasteiger partial charge in [0.05, 0.1) is 12.8 Å². The van der Waals surface area contributed by atoms with Gasteiger partial charge in [0, 0.05) is 27.7 Å². The van der Waals surface area contributed by atoms with E-state index < -0.39 is 11.6 Å². The Morgan fingerprint density at radius 3 is 2.65 bits per heavy atom. The highest BCUT2D eigenvalue weighted by Gasteiger charge is 2.11. The van der Waals surface area contributed by atoms with E-state index in [4.69, 9.17) is 16.3 Å². The number of nitrogens with one attached hydrogen (secondary N) is 1. The fraction of sp³-hybridized carbons (Fsp3) is 0.143. The van der Waals surface area contributed by atoms with Crippen LogP contribution in [0.3, 0.4) is 0 Å². The van der Waals surface area contributed by atoms with Crippen molar-refractivity contribution >= 4 is 33.2 Å². The summed E-state index contributed by atoms with van der Waals surface area (Å²) in [5.74, 6) is -0.668. The summed E-state index contributed by atoms with van der Waals surface area (Å²) in [6, 6.07) is 7.18. The number of halogens is 4. The zero-order valence-electron chi connectivity index (χ0n) is 10.5. The molecule has 0 spiro atoms. The molecule has 0 atom stereocenters. The van der Waals surface area contributed by atoms with Crippen LogP contribution in [0.25, 0.3) is 0 Å². The summed E-state index contributed by atoms with van der Waals surface area (Å²) < 4.78 is 32.2. The first kappa shape index (κ1) is 15.1. The van der Waals surface area contributed by atoms with Crippen molar-refractivity contribution in [1.82, 2.24) is 0 Å². The van der Waals surface area contributed by atoms with Crippen LogP contribution in [-0.4, -0.2) is 7.11 Å². The Morgan fingerprint density at radius 2 is 2.00 bits per heavy atom. The maximum Gasteiger partial charge on any atom is 0.150 e. The van der Waals surface area contributed by atoms with Crippen molar-refractivity contribution in [3.63, 3.8) is 0 Å². The molecule has 0 radical (unpaired) electrons. The molecule has 0 aliphatic rings. The Labute approximate surface area is 128 Å². The maximum atomic E-state index is 13.7. The predicted octanol–water partition coefficient (Wildman–Crippen LogP) is 5.00. The van der Waals surface area contributed by atoms with E-state index in [1.165, 1.54) is 6.07 Å². The van der Waals surface area contributed by atoms with Gasteiger partial charge in [0.15, 0.2) is 0 Å². The lowest BCUT2D eigenvalue weighted by Gasteiger charge is -2.13. The molecule has 2 nitrogen and oxygen atoms in total. The molecule has 2 aromatic rings. The summed E-state index contributed by atoms with van der Waals surface area (Å²) in [7, 11) is 1.54. The van der Waals surface area contributed by atoms with Gasteiger partial charge in [-0.2, -0.15) is 0 Å². The van der Waals surface area contributed by atoms with Crippen molar-refractivity contribution in [1.29, 1.82) is 0 Å². The van der Waals surface area contributed by atoms with E-state index in [9.17, 15) is 8.78 Å². The summed E-state index contributed by atoms with van der Waals surface area (Å²) in [5.41, 5.74) is 0.962. The average Bonchev–Trinajstić information content (AvgIpc) is 2.37. The summed E-state index contributed by atoms with van der Waals surface area (Å²) in [5, 5.41) is 3.46. The minimum Gasteiger partial charge on any atom is -0.496 e. The first-order valence-corrected chi connectivity index (χ1v) is 6.89. The lowest BCUT2D eigenvalue weighted by atomic mass is 10.2. The normalized spacial score (nSPS) is 10.4. The van der Waals surface area contributed by atoms with Crippen molar-refractivity contribution in [3.05, 3.63) is 57.0 Å². The molecule has 0 unspecified atom stereocenters. The van der Waals surface area contributed by atoms with Gasteiger partial charge in [-0.05, 0) is 40.2 Å². The first-order valence-electron chi connectivity index (χ1n) is 5.72. The van der Waals surface area contributed by atoms with Gasteiger partial charge in [-0.3, -0.25) is 0 Å². The Morgan fingerprint density at radius 1 is 1.25 bits per heavy atom. The molecule has 0 aromatic heterocycles. The molecule has 0 bridgehead atoms. The van der Waals surface area contributed by atoms with Crippen LogP contribution in [0.5, 0.6) is 5.75 Å². The van der Waals surface area contributed by atoms with Crippen molar-refractivity contribution in [2.45, 2.75) is 6.54 Å². The molecule has 20 heavy (non-hydrogen) atoms. The highest BCUT2D eigenvalue weighted by Crippen LogP contribution is 2.29. The third-order valence-corrected chi connectivity index (χ3v) is 3.57. The standard InChI is InChI=1S/C14H11BrClF2NO/c1-20-13-3-2-9(16)4-8(13)7-19-14-11(15)5-10(17)6-12(14)18/h2-6,19H,7H2,1H3. The largest absolute Gasteiger partial charge is 0.496 e. The predicted molar refractivity (Wildman–Crippen MR) is 79.4 cm³/mol. The Hall–Kier alpha value is -1.33. The molecule has 2 rings (SSSR count). The third kappa shape index (κ3) is 3.41. The van der Waals surface area contributed by atoms with Crippen molar-refractivity contribution in [3.8, 4) is 5.75 Å². The van der Waals surface area contributed by atoms with Gasteiger partial charge in [0.2, 0.25) is 0 Å². The van der Waals surface area contributed by atoms with Crippen LogP contribution < -0.4 is 10.1 Å². The molecule has 0 amide bonds. The fourth-order valence-electron chi connectivity index (χ4n) is 1.78. The minimum atomic E-state index is -0.669. The molecule has 0 fully saturated rings. The second kappa shape index (κ2) is 6.41. The van der Waals surface area contributed by atoms with E-state index in [-0.39, 0.29) is 5.69 Å². The van der Waals surface area contributed by atoms with E-state index >= 15 is 0 Å². The first-order chi connectivity index (χ1) is 9.51. The zero-order chi connectivity index (χ0) is 14.7. The van der Waals surface area contributed by atoms with Crippen LogP contribution in [-0.2, 0) is 6.54 Å². The van der Waals surface area contributed by atoms with Crippen molar-refractivity contribution < 1.29 is 13.5 Å².